The monoisotopic (exact) mass is 368 g/mol. The summed E-state index contributed by atoms with van der Waals surface area (Å²) in [5, 5.41) is 3.08. The van der Waals surface area contributed by atoms with Crippen molar-refractivity contribution in [1.82, 2.24) is 19.8 Å². The van der Waals surface area contributed by atoms with E-state index in [9.17, 15) is 4.79 Å². The minimum absolute atomic E-state index is 0.0191. The molecule has 144 valence electrons. The van der Waals surface area contributed by atoms with Crippen molar-refractivity contribution >= 4 is 6.03 Å². The van der Waals surface area contributed by atoms with Crippen molar-refractivity contribution in [3.05, 3.63) is 47.9 Å². The number of aromatic nitrogens is 2. The third-order valence-electron chi connectivity index (χ3n) is 5.70. The lowest BCUT2D eigenvalue weighted by atomic mass is 10.1. The molecule has 1 aliphatic carbocycles. The Morgan fingerprint density at radius 2 is 2.07 bits per heavy atom. The number of urea groups is 1. The number of amides is 2. The highest BCUT2D eigenvalue weighted by atomic mass is 16.5. The third-order valence-corrected chi connectivity index (χ3v) is 5.70. The summed E-state index contributed by atoms with van der Waals surface area (Å²) in [4.78, 5) is 19.2. The molecule has 0 bridgehead atoms. The van der Waals surface area contributed by atoms with Crippen LogP contribution in [0.3, 0.4) is 0 Å². The Kier molecular flexibility index (Phi) is 5.32. The second-order valence-electron chi connectivity index (χ2n) is 7.55. The van der Waals surface area contributed by atoms with Crippen molar-refractivity contribution in [2.24, 2.45) is 7.05 Å². The number of rotatable bonds is 5. The molecule has 27 heavy (non-hydrogen) atoms. The van der Waals surface area contributed by atoms with Gasteiger partial charge in [0, 0.05) is 43.8 Å². The summed E-state index contributed by atoms with van der Waals surface area (Å²) in [6.45, 7) is 1.23. The largest absolute Gasteiger partial charge is 0.474 e. The molecule has 1 saturated heterocycles. The minimum atomic E-state index is -0.0191. The van der Waals surface area contributed by atoms with Crippen LogP contribution >= 0.6 is 0 Å². The van der Waals surface area contributed by atoms with E-state index in [4.69, 9.17) is 4.74 Å². The van der Waals surface area contributed by atoms with Crippen molar-refractivity contribution in [3.63, 3.8) is 0 Å². The van der Waals surface area contributed by atoms with Gasteiger partial charge in [-0.3, -0.25) is 0 Å². The SMILES string of the molecule is Cn1cccc1[C@@H]1CCCN1C(=O)NCc1cccnc1OC1CCCC1. The molecule has 1 N–H and O–H groups in total. The van der Waals surface area contributed by atoms with Crippen molar-refractivity contribution in [2.45, 2.75) is 57.2 Å². The molecule has 0 radical (unpaired) electrons. The molecule has 2 aliphatic rings. The number of hydrogen-bond donors (Lipinski definition) is 1. The summed E-state index contributed by atoms with van der Waals surface area (Å²) >= 11 is 0. The fraction of sp³-hybridized carbons (Fsp3) is 0.524. The Labute approximate surface area is 160 Å². The highest BCUT2D eigenvalue weighted by molar-refractivity contribution is 5.75. The van der Waals surface area contributed by atoms with Gasteiger partial charge < -0.3 is 19.5 Å². The van der Waals surface area contributed by atoms with Gasteiger partial charge in [-0.1, -0.05) is 6.07 Å². The van der Waals surface area contributed by atoms with E-state index in [2.05, 4.69) is 20.9 Å². The molecule has 2 aromatic rings. The Morgan fingerprint density at radius 3 is 2.85 bits per heavy atom. The lowest BCUT2D eigenvalue weighted by molar-refractivity contribution is 0.188. The molecule has 1 aliphatic heterocycles. The predicted octanol–water partition coefficient (Wildman–Crippen LogP) is 3.79. The number of nitrogens with one attached hydrogen (secondary N) is 1. The molecule has 1 saturated carbocycles. The van der Waals surface area contributed by atoms with E-state index in [1.165, 1.54) is 18.5 Å². The molecule has 0 unspecified atom stereocenters. The van der Waals surface area contributed by atoms with Crippen LogP contribution in [0.15, 0.2) is 36.7 Å². The number of aryl methyl sites for hydroxylation is 1. The van der Waals surface area contributed by atoms with Gasteiger partial charge in [0.1, 0.15) is 6.10 Å². The van der Waals surface area contributed by atoms with Gasteiger partial charge >= 0.3 is 6.03 Å². The van der Waals surface area contributed by atoms with E-state index in [1.807, 2.05) is 36.3 Å². The van der Waals surface area contributed by atoms with Crippen LogP contribution in [0.1, 0.15) is 55.8 Å². The number of nitrogens with zero attached hydrogens (tertiary/aromatic N) is 3. The molecule has 0 aromatic carbocycles. The van der Waals surface area contributed by atoms with Crippen LogP contribution in [0.25, 0.3) is 0 Å². The van der Waals surface area contributed by atoms with Crippen molar-refractivity contribution in [1.29, 1.82) is 0 Å². The minimum Gasteiger partial charge on any atom is -0.474 e. The Balaban J connectivity index is 1.40. The quantitative estimate of drug-likeness (QED) is 0.873. The van der Waals surface area contributed by atoms with Gasteiger partial charge in [-0.15, -0.1) is 0 Å². The van der Waals surface area contributed by atoms with Crippen LogP contribution in [-0.4, -0.2) is 33.1 Å². The first-order valence-corrected chi connectivity index (χ1v) is 9.98. The van der Waals surface area contributed by atoms with Crippen molar-refractivity contribution < 1.29 is 9.53 Å². The zero-order valence-electron chi connectivity index (χ0n) is 15.9. The molecule has 3 heterocycles. The number of carbonyl (C=O) groups excluding carboxylic acids is 1. The molecule has 2 fully saturated rings. The lowest BCUT2D eigenvalue weighted by Crippen LogP contribution is -2.39. The van der Waals surface area contributed by atoms with Crippen LogP contribution in [0, 0.1) is 0 Å². The van der Waals surface area contributed by atoms with Crippen LogP contribution < -0.4 is 10.1 Å². The highest BCUT2D eigenvalue weighted by Gasteiger charge is 2.31. The topological polar surface area (TPSA) is 59.4 Å². The molecule has 2 amide bonds. The van der Waals surface area contributed by atoms with E-state index in [1.54, 1.807) is 6.20 Å². The smallest absolute Gasteiger partial charge is 0.318 e. The van der Waals surface area contributed by atoms with Crippen LogP contribution in [0.4, 0.5) is 4.79 Å². The van der Waals surface area contributed by atoms with Gasteiger partial charge in [-0.2, -0.15) is 0 Å². The first kappa shape index (κ1) is 17.9. The van der Waals surface area contributed by atoms with Crippen molar-refractivity contribution in [3.8, 4) is 5.88 Å². The second kappa shape index (κ2) is 8.03. The molecule has 2 aromatic heterocycles. The summed E-state index contributed by atoms with van der Waals surface area (Å²) in [5.41, 5.74) is 2.13. The number of carbonyl (C=O) groups is 1. The Bertz CT molecular complexity index is 782. The van der Waals surface area contributed by atoms with E-state index in [0.717, 1.165) is 37.8 Å². The van der Waals surface area contributed by atoms with Gasteiger partial charge in [0.25, 0.3) is 0 Å². The zero-order valence-corrected chi connectivity index (χ0v) is 15.9. The van der Waals surface area contributed by atoms with E-state index in [-0.39, 0.29) is 18.2 Å². The lowest BCUT2D eigenvalue weighted by Gasteiger charge is -2.26. The predicted molar refractivity (Wildman–Crippen MR) is 103 cm³/mol. The standard InChI is InChI=1S/C21H28N4O2/c1-24-13-5-10-18(24)19-11-6-14-25(19)21(26)23-15-16-7-4-12-22-20(16)27-17-8-2-3-9-17/h4-5,7,10,12-13,17,19H,2-3,6,8-9,11,14-15H2,1H3,(H,23,26)/t19-/m0/s1. The van der Waals surface area contributed by atoms with Gasteiger partial charge in [-0.25, -0.2) is 9.78 Å². The first-order chi connectivity index (χ1) is 13.2. The molecule has 4 rings (SSSR count). The summed E-state index contributed by atoms with van der Waals surface area (Å²) in [6, 6.07) is 8.14. The van der Waals surface area contributed by atoms with Gasteiger partial charge in [0.05, 0.1) is 6.04 Å². The molecule has 1 atom stereocenters. The van der Waals surface area contributed by atoms with E-state index >= 15 is 0 Å². The average molecular weight is 368 g/mol. The molecular weight excluding hydrogens is 340 g/mol. The number of ether oxygens (including phenoxy) is 1. The molecule has 6 nitrogen and oxygen atoms in total. The van der Waals surface area contributed by atoms with Crippen LogP contribution in [0.5, 0.6) is 5.88 Å². The van der Waals surface area contributed by atoms with E-state index < -0.39 is 0 Å². The Morgan fingerprint density at radius 1 is 1.22 bits per heavy atom. The summed E-state index contributed by atoms with van der Waals surface area (Å²) in [7, 11) is 2.03. The van der Waals surface area contributed by atoms with Crippen LogP contribution in [0.2, 0.25) is 0 Å². The number of hydrogen-bond acceptors (Lipinski definition) is 3. The maximum atomic E-state index is 12.8. The van der Waals surface area contributed by atoms with Gasteiger partial charge in [0.2, 0.25) is 5.88 Å². The average Bonchev–Trinajstić information content (AvgIpc) is 3.42. The maximum absolute atomic E-state index is 12.8. The van der Waals surface area contributed by atoms with Crippen molar-refractivity contribution in [2.75, 3.05) is 6.54 Å². The normalized spacial score (nSPS) is 20.2. The summed E-state index contributed by atoms with van der Waals surface area (Å²) in [6.07, 6.45) is 10.7. The summed E-state index contributed by atoms with van der Waals surface area (Å²) < 4.78 is 8.18. The zero-order chi connectivity index (χ0) is 18.6. The number of likely N-dealkylation sites (tertiary alicyclic amines) is 1. The maximum Gasteiger partial charge on any atom is 0.318 e. The molecular formula is C21H28N4O2. The second-order valence-corrected chi connectivity index (χ2v) is 7.55. The van der Waals surface area contributed by atoms with E-state index in [0.29, 0.717) is 12.4 Å². The van der Waals surface area contributed by atoms with Crippen LogP contribution in [-0.2, 0) is 13.6 Å². The molecule has 6 heteroatoms. The summed E-state index contributed by atoms with van der Waals surface area (Å²) in [5.74, 6) is 0.658. The third kappa shape index (κ3) is 3.94. The molecule has 0 spiro atoms. The Hall–Kier alpha value is -2.50. The van der Waals surface area contributed by atoms with Gasteiger partial charge in [-0.05, 0) is 56.7 Å². The first-order valence-electron chi connectivity index (χ1n) is 9.98. The van der Waals surface area contributed by atoms with Gasteiger partial charge in [0.15, 0.2) is 0 Å². The fourth-order valence-electron chi connectivity index (χ4n) is 4.24. The number of pyridine rings is 1. The highest BCUT2D eigenvalue weighted by Crippen LogP contribution is 2.32. The fourth-order valence-corrected chi connectivity index (χ4v) is 4.24.